The summed E-state index contributed by atoms with van der Waals surface area (Å²) in [6.07, 6.45) is 5.77. The van der Waals surface area contributed by atoms with Crippen LogP contribution in [0.4, 0.5) is 15.9 Å². The summed E-state index contributed by atoms with van der Waals surface area (Å²) in [4.78, 5) is 26.4. The zero-order chi connectivity index (χ0) is 29.2. The molecule has 5 aromatic rings. The van der Waals surface area contributed by atoms with E-state index in [1.54, 1.807) is 58.4 Å². The lowest BCUT2D eigenvalue weighted by atomic mass is 10.1. The van der Waals surface area contributed by atoms with Gasteiger partial charge in [-0.25, -0.2) is 14.4 Å². The molecule has 12 heteroatoms. The first-order valence-corrected chi connectivity index (χ1v) is 13.0. The van der Waals surface area contributed by atoms with E-state index in [1.165, 1.54) is 25.6 Å². The van der Waals surface area contributed by atoms with Gasteiger partial charge in [0.1, 0.15) is 35.6 Å². The molecule has 1 N–H and O–H groups in total. The lowest BCUT2D eigenvalue weighted by Gasteiger charge is -2.38. The number of hydrogen-bond acceptors (Lipinski definition) is 9. The minimum absolute atomic E-state index is 0.145. The highest BCUT2D eigenvalue weighted by Gasteiger charge is 2.31. The Morgan fingerprint density at radius 1 is 1.05 bits per heavy atom. The third-order valence-corrected chi connectivity index (χ3v) is 6.79. The number of aryl methyl sites for hydroxylation is 1. The van der Waals surface area contributed by atoms with Gasteiger partial charge in [0.05, 0.1) is 42.8 Å². The number of fused-ring (bicyclic) bond motifs is 1. The van der Waals surface area contributed by atoms with E-state index in [4.69, 9.17) is 14.2 Å². The molecule has 1 amide bonds. The number of nitrogens with zero attached hydrogens (tertiary/aromatic N) is 6. The fraction of sp³-hybridized carbons (Fsp3) is 0.167. The van der Waals surface area contributed by atoms with Gasteiger partial charge >= 0.3 is 0 Å². The molecule has 1 aliphatic heterocycles. The number of likely N-dealkylation sites (tertiary alicyclic amines) is 1. The van der Waals surface area contributed by atoms with Crippen LogP contribution in [-0.2, 0) is 11.8 Å². The van der Waals surface area contributed by atoms with Crippen LogP contribution in [0.5, 0.6) is 23.0 Å². The number of ether oxygens (including phenoxy) is 3. The maximum absolute atomic E-state index is 15.3. The van der Waals surface area contributed by atoms with Crippen molar-refractivity contribution in [1.82, 2.24) is 29.6 Å². The third-order valence-electron chi connectivity index (χ3n) is 6.79. The average molecular weight is 568 g/mol. The van der Waals surface area contributed by atoms with E-state index in [9.17, 15) is 4.79 Å². The Kier molecular flexibility index (Phi) is 7.09. The molecule has 42 heavy (non-hydrogen) atoms. The maximum atomic E-state index is 15.3. The number of methoxy groups -OCH3 is 1. The molecular formula is C30H26FN7O4. The summed E-state index contributed by atoms with van der Waals surface area (Å²) in [5.74, 6) is 1.47. The van der Waals surface area contributed by atoms with Gasteiger partial charge in [0, 0.05) is 43.0 Å². The number of anilines is 2. The van der Waals surface area contributed by atoms with Gasteiger partial charge in [0.15, 0.2) is 11.5 Å². The highest BCUT2D eigenvalue weighted by atomic mass is 19.1. The summed E-state index contributed by atoms with van der Waals surface area (Å²) in [6.45, 7) is 4.38. The number of benzene rings is 2. The molecule has 0 atom stereocenters. The largest absolute Gasteiger partial charge is 0.493 e. The molecule has 2 aromatic carbocycles. The molecule has 1 aliphatic rings. The monoisotopic (exact) mass is 567 g/mol. The van der Waals surface area contributed by atoms with Crippen LogP contribution in [0.2, 0.25) is 0 Å². The number of halogens is 1. The molecule has 1 fully saturated rings. The van der Waals surface area contributed by atoms with E-state index >= 15 is 4.39 Å². The summed E-state index contributed by atoms with van der Waals surface area (Å²) < 4.78 is 34.5. The molecule has 4 heterocycles. The molecule has 212 valence electrons. The van der Waals surface area contributed by atoms with Crippen LogP contribution in [0.15, 0.2) is 79.9 Å². The van der Waals surface area contributed by atoms with Crippen LogP contribution in [0.1, 0.15) is 0 Å². The predicted molar refractivity (Wildman–Crippen MR) is 153 cm³/mol. The summed E-state index contributed by atoms with van der Waals surface area (Å²) in [5, 5.41) is 7.82. The molecule has 1 saturated heterocycles. The molecule has 0 bridgehead atoms. The minimum Gasteiger partial charge on any atom is -0.493 e. The Balaban J connectivity index is 1.21. The Morgan fingerprint density at radius 3 is 2.62 bits per heavy atom. The molecule has 0 unspecified atom stereocenters. The van der Waals surface area contributed by atoms with E-state index in [1.807, 2.05) is 13.1 Å². The van der Waals surface area contributed by atoms with Gasteiger partial charge in [0.2, 0.25) is 5.91 Å². The molecule has 0 aliphatic carbocycles. The average Bonchev–Trinajstić information content (AvgIpc) is 3.41. The van der Waals surface area contributed by atoms with Crippen molar-refractivity contribution in [1.29, 1.82) is 0 Å². The van der Waals surface area contributed by atoms with E-state index in [-0.39, 0.29) is 17.7 Å². The van der Waals surface area contributed by atoms with E-state index in [0.717, 1.165) is 5.69 Å². The van der Waals surface area contributed by atoms with Crippen molar-refractivity contribution in [2.75, 3.05) is 25.5 Å². The van der Waals surface area contributed by atoms with Crippen molar-refractivity contribution in [3.8, 4) is 34.4 Å². The first kappa shape index (κ1) is 26.7. The second-order valence-corrected chi connectivity index (χ2v) is 9.52. The van der Waals surface area contributed by atoms with Gasteiger partial charge in [-0.1, -0.05) is 6.58 Å². The summed E-state index contributed by atoms with van der Waals surface area (Å²) in [5.41, 5.74) is 2.29. The second kappa shape index (κ2) is 11.2. The number of rotatable bonds is 9. The normalized spacial score (nSPS) is 13.0. The Bertz CT molecular complexity index is 1800. The van der Waals surface area contributed by atoms with Crippen molar-refractivity contribution >= 4 is 28.3 Å². The fourth-order valence-electron chi connectivity index (χ4n) is 4.58. The summed E-state index contributed by atoms with van der Waals surface area (Å²) >= 11 is 0. The van der Waals surface area contributed by atoms with E-state index in [2.05, 4.69) is 31.9 Å². The van der Waals surface area contributed by atoms with Crippen LogP contribution in [0.25, 0.3) is 22.3 Å². The number of hydrogen-bond donors (Lipinski definition) is 1. The molecule has 0 spiro atoms. The van der Waals surface area contributed by atoms with Crippen LogP contribution < -0.4 is 19.5 Å². The summed E-state index contributed by atoms with van der Waals surface area (Å²) in [6, 6.07) is 13.3. The van der Waals surface area contributed by atoms with Crippen molar-refractivity contribution in [2.24, 2.45) is 7.05 Å². The van der Waals surface area contributed by atoms with E-state index in [0.29, 0.717) is 58.5 Å². The van der Waals surface area contributed by atoms with Gasteiger partial charge in [-0.05, 0) is 36.4 Å². The van der Waals surface area contributed by atoms with Crippen molar-refractivity contribution in [3.05, 3.63) is 85.7 Å². The van der Waals surface area contributed by atoms with Crippen molar-refractivity contribution < 1.29 is 23.4 Å². The van der Waals surface area contributed by atoms with Gasteiger partial charge in [-0.2, -0.15) is 5.10 Å². The number of pyridine rings is 1. The Hall–Kier alpha value is -5.52. The number of aromatic nitrogens is 5. The van der Waals surface area contributed by atoms with Gasteiger partial charge in [-0.15, -0.1) is 0 Å². The molecular weight excluding hydrogens is 541 g/mol. The number of amides is 1. The number of carbonyl (C=O) groups is 1. The molecule has 3 aromatic heterocycles. The molecule has 0 saturated carbocycles. The molecule has 0 radical (unpaired) electrons. The smallest absolute Gasteiger partial charge is 0.246 e. The van der Waals surface area contributed by atoms with Crippen molar-refractivity contribution in [3.63, 3.8) is 0 Å². The fourth-order valence-corrected chi connectivity index (χ4v) is 4.58. The number of carbonyl (C=O) groups excluding carboxylic acids is 1. The number of nitrogens with one attached hydrogen (secondary N) is 1. The minimum atomic E-state index is -0.536. The van der Waals surface area contributed by atoms with Crippen LogP contribution in [-0.4, -0.2) is 61.8 Å². The quantitative estimate of drug-likeness (QED) is 0.249. The zero-order valence-electron chi connectivity index (χ0n) is 22.8. The highest BCUT2D eigenvalue weighted by Crippen LogP contribution is 2.37. The standard InChI is InChI=1S/C30H26FN7O4/c1-4-29(39)38-15-20(16-38)42-28-13-21-24(14-27(28)40-3)33-17-34-30(21)36-23-6-5-18(11-22(23)31)41-19-7-9-32-25(12-19)26-8-10-35-37(26)2/h4-14,17,20H,1,15-16H2,2-3H3,(H,33,34,36). The van der Waals surface area contributed by atoms with Crippen molar-refractivity contribution in [2.45, 2.75) is 6.10 Å². The Labute approximate surface area is 240 Å². The SMILES string of the molecule is C=CC(=O)N1CC(Oc2cc3c(Nc4ccc(Oc5ccnc(-c6ccnn6C)c5)cc4F)ncnc3cc2OC)C1. The van der Waals surface area contributed by atoms with Gasteiger partial charge in [0.25, 0.3) is 0 Å². The van der Waals surface area contributed by atoms with E-state index < -0.39 is 5.82 Å². The van der Waals surface area contributed by atoms with Gasteiger partial charge in [-0.3, -0.25) is 14.5 Å². The summed E-state index contributed by atoms with van der Waals surface area (Å²) in [7, 11) is 3.36. The first-order valence-electron chi connectivity index (χ1n) is 13.0. The third kappa shape index (κ3) is 5.29. The highest BCUT2D eigenvalue weighted by molar-refractivity contribution is 5.93. The zero-order valence-corrected chi connectivity index (χ0v) is 22.8. The topological polar surface area (TPSA) is 117 Å². The van der Waals surface area contributed by atoms with Crippen LogP contribution >= 0.6 is 0 Å². The maximum Gasteiger partial charge on any atom is 0.246 e. The molecule has 6 rings (SSSR count). The van der Waals surface area contributed by atoms with Gasteiger partial charge < -0.3 is 24.4 Å². The predicted octanol–water partition coefficient (Wildman–Crippen LogP) is 4.88. The lowest BCUT2D eigenvalue weighted by Crippen LogP contribution is -2.55. The second-order valence-electron chi connectivity index (χ2n) is 9.52. The molecule has 11 nitrogen and oxygen atoms in total. The lowest BCUT2D eigenvalue weighted by molar-refractivity contribution is -0.134. The van der Waals surface area contributed by atoms with Crippen LogP contribution in [0.3, 0.4) is 0 Å². The Morgan fingerprint density at radius 2 is 1.88 bits per heavy atom. The van der Waals surface area contributed by atoms with Crippen LogP contribution in [0, 0.1) is 5.82 Å². The first-order chi connectivity index (χ1) is 20.4.